The highest BCUT2D eigenvalue weighted by Crippen LogP contribution is 2.25. The molecule has 40 heavy (non-hydrogen) atoms. The number of nitrogens with zero attached hydrogens (tertiary/aromatic N) is 7. The average Bonchev–Trinajstić information content (AvgIpc) is 3.61. The van der Waals surface area contributed by atoms with Gasteiger partial charge in [-0.2, -0.15) is 0 Å². The third-order valence-corrected chi connectivity index (χ3v) is 6.24. The van der Waals surface area contributed by atoms with E-state index >= 15 is 0 Å². The van der Waals surface area contributed by atoms with Gasteiger partial charge in [0.05, 0.1) is 31.0 Å². The molecule has 12 nitrogen and oxygen atoms in total. The van der Waals surface area contributed by atoms with Crippen LogP contribution in [0.25, 0.3) is 11.3 Å². The van der Waals surface area contributed by atoms with Crippen LogP contribution in [0.2, 0.25) is 0 Å². The van der Waals surface area contributed by atoms with Gasteiger partial charge < -0.3 is 14.6 Å². The zero-order valence-corrected chi connectivity index (χ0v) is 22.5. The number of carbonyl (C=O) groups excluding carboxylic acids is 1. The first-order valence-electron chi connectivity index (χ1n) is 13.3. The number of rotatable bonds is 16. The molecule has 0 unspecified atom stereocenters. The molecular formula is C28H33N7O5. The van der Waals surface area contributed by atoms with Crippen LogP contribution >= 0.6 is 0 Å². The normalized spacial score (nSPS) is 10.9. The molecule has 1 aromatic carbocycles. The van der Waals surface area contributed by atoms with Gasteiger partial charge in [0, 0.05) is 37.1 Å². The van der Waals surface area contributed by atoms with Crippen molar-refractivity contribution in [3.63, 3.8) is 0 Å². The SMILES string of the molecule is COC(=O)c1ccc(Oc2cccc(-c3cn(CCCCCCCCCn4cc(CC(=O)O)nn4)nn3)c2)nc1. The van der Waals surface area contributed by atoms with Crippen molar-refractivity contribution in [2.75, 3.05) is 7.11 Å². The highest BCUT2D eigenvalue weighted by Gasteiger charge is 2.09. The largest absolute Gasteiger partial charge is 0.481 e. The van der Waals surface area contributed by atoms with Crippen molar-refractivity contribution in [2.45, 2.75) is 64.5 Å². The Kier molecular flexibility index (Phi) is 10.3. The lowest BCUT2D eigenvalue weighted by molar-refractivity contribution is -0.136. The topological polar surface area (TPSA) is 147 Å². The van der Waals surface area contributed by atoms with E-state index in [4.69, 9.17) is 9.84 Å². The molecule has 0 radical (unpaired) electrons. The number of benzene rings is 1. The van der Waals surface area contributed by atoms with Crippen molar-refractivity contribution in [1.82, 2.24) is 35.0 Å². The second kappa shape index (κ2) is 14.5. The van der Waals surface area contributed by atoms with E-state index in [1.807, 2.05) is 35.1 Å². The number of hydrogen-bond acceptors (Lipinski definition) is 9. The third-order valence-electron chi connectivity index (χ3n) is 6.24. The molecule has 0 aliphatic carbocycles. The van der Waals surface area contributed by atoms with E-state index in [1.165, 1.54) is 26.1 Å². The van der Waals surface area contributed by atoms with Gasteiger partial charge in [-0.25, -0.2) is 9.78 Å². The molecule has 0 saturated heterocycles. The van der Waals surface area contributed by atoms with E-state index in [1.54, 1.807) is 23.0 Å². The Bertz CT molecular complexity index is 1380. The zero-order valence-electron chi connectivity index (χ0n) is 22.5. The van der Waals surface area contributed by atoms with Crippen molar-refractivity contribution in [1.29, 1.82) is 0 Å². The number of aliphatic carboxylic acids is 1. The number of ether oxygens (including phenoxy) is 2. The van der Waals surface area contributed by atoms with Crippen LogP contribution in [0.15, 0.2) is 55.0 Å². The van der Waals surface area contributed by atoms with Crippen molar-refractivity contribution in [2.24, 2.45) is 0 Å². The number of unbranched alkanes of at least 4 members (excludes halogenated alkanes) is 6. The Morgan fingerprint density at radius 3 is 2.25 bits per heavy atom. The van der Waals surface area contributed by atoms with Crippen LogP contribution in [0, 0.1) is 0 Å². The lowest BCUT2D eigenvalue weighted by Crippen LogP contribution is -2.01. The minimum atomic E-state index is -0.895. The van der Waals surface area contributed by atoms with Gasteiger partial charge in [0.2, 0.25) is 5.88 Å². The molecule has 0 fully saturated rings. The monoisotopic (exact) mass is 547 g/mol. The molecule has 0 aliphatic heterocycles. The van der Waals surface area contributed by atoms with Crippen LogP contribution in [-0.4, -0.2) is 59.1 Å². The Hall–Kier alpha value is -4.61. The number of hydrogen-bond donors (Lipinski definition) is 1. The molecule has 0 saturated carbocycles. The smallest absolute Gasteiger partial charge is 0.339 e. The van der Waals surface area contributed by atoms with Crippen LogP contribution in [0.1, 0.15) is 61.0 Å². The van der Waals surface area contributed by atoms with Gasteiger partial charge in [-0.1, -0.05) is 54.7 Å². The summed E-state index contributed by atoms with van der Waals surface area (Å²) in [5.74, 6) is -0.366. The molecule has 3 aromatic heterocycles. The Labute approximate surface area is 232 Å². The predicted molar refractivity (Wildman–Crippen MR) is 145 cm³/mol. The van der Waals surface area contributed by atoms with Crippen molar-refractivity contribution in [3.8, 4) is 22.9 Å². The molecule has 4 rings (SSSR count). The van der Waals surface area contributed by atoms with Crippen LogP contribution in [0.4, 0.5) is 0 Å². The fraction of sp³-hybridized carbons (Fsp3) is 0.393. The van der Waals surface area contributed by atoms with Gasteiger partial charge in [0.25, 0.3) is 0 Å². The van der Waals surface area contributed by atoms with Crippen molar-refractivity contribution in [3.05, 3.63) is 66.2 Å². The Balaban J connectivity index is 1.12. The summed E-state index contributed by atoms with van der Waals surface area (Å²) in [6, 6.07) is 10.8. The average molecular weight is 548 g/mol. The molecule has 12 heteroatoms. The first-order valence-corrected chi connectivity index (χ1v) is 13.3. The van der Waals surface area contributed by atoms with Gasteiger partial charge in [0.15, 0.2) is 0 Å². The van der Waals surface area contributed by atoms with Crippen LogP contribution < -0.4 is 4.74 Å². The first-order chi connectivity index (χ1) is 19.5. The van der Waals surface area contributed by atoms with Gasteiger partial charge in [0.1, 0.15) is 11.4 Å². The van der Waals surface area contributed by atoms with E-state index in [0.717, 1.165) is 56.5 Å². The van der Waals surface area contributed by atoms with Crippen molar-refractivity contribution < 1.29 is 24.2 Å². The van der Waals surface area contributed by atoms with Crippen LogP contribution in [0.5, 0.6) is 11.6 Å². The molecular weight excluding hydrogens is 514 g/mol. The fourth-order valence-corrected chi connectivity index (χ4v) is 4.17. The maximum absolute atomic E-state index is 11.6. The molecule has 0 amide bonds. The number of aromatic nitrogens is 7. The zero-order chi connectivity index (χ0) is 28.2. The molecule has 4 aromatic rings. The van der Waals surface area contributed by atoms with Crippen molar-refractivity contribution >= 4 is 11.9 Å². The van der Waals surface area contributed by atoms with E-state index in [0.29, 0.717) is 22.9 Å². The van der Waals surface area contributed by atoms with Gasteiger partial charge in [-0.3, -0.25) is 14.2 Å². The standard InChI is InChI=1S/C28H33N7O5/c1-39-28(38)22-12-13-26(29-18-22)40-24-11-9-10-21(16-24)25-20-35(33-31-25)15-8-6-4-2-3-5-7-14-34-19-23(30-32-34)17-27(36)37/h9-13,16,18-20H,2-8,14-15,17H2,1H3,(H,36,37). The minimum Gasteiger partial charge on any atom is -0.481 e. The number of esters is 1. The molecule has 0 spiro atoms. The third kappa shape index (κ3) is 8.72. The molecule has 0 atom stereocenters. The van der Waals surface area contributed by atoms with Gasteiger partial charge in [-0.15, -0.1) is 10.2 Å². The van der Waals surface area contributed by atoms with Crippen LogP contribution in [-0.2, 0) is 29.0 Å². The number of methoxy groups -OCH3 is 1. The molecule has 0 aliphatic rings. The lowest BCUT2D eigenvalue weighted by atomic mass is 10.1. The summed E-state index contributed by atoms with van der Waals surface area (Å²) >= 11 is 0. The summed E-state index contributed by atoms with van der Waals surface area (Å²) in [7, 11) is 1.33. The van der Waals surface area contributed by atoms with E-state index in [2.05, 4.69) is 30.3 Å². The second-order valence-corrected chi connectivity index (χ2v) is 9.39. The summed E-state index contributed by atoms with van der Waals surface area (Å²) in [4.78, 5) is 26.4. The Morgan fingerprint density at radius 2 is 1.57 bits per heavy atom. The number of aryl methyl sites for hydroxylation is 2. The highest BCUT2D eigenvalue weighted by atomic mass is 16.5. The maximum Gasteiger partial charge on any atom is 0.339 e. The summed E-state index contributed by atoms with van der Waals surface area (Å²) < 4.78 is 14.1. The highest BCUT2D eigenvalue weighted by molar-refractivity contribution is 5.88. The number of carboxylic acids is 1. The summed E-state index contributed by atoms with van der Waals surface area (Å²) in [6.45, 7) is 1.57. The van der Waals surface area contributed by atoms with E-state index in [-0.39, 0.29) is 6.42 Å². The maximum atomic E-state index is 11.6. The second-order valence-electron chi connectivity index (χ2n) is 9.39. The predicted octanol–water partition coefficient (Wildman–Crippen LogP) is 4.57. The molecule has 3 heterocycles. The lowest BCUT2D eigenvalue weighted by Gasteiger charge is -2.06. The fourth-order valence-electron chi connectivity index (χ4n) is 4.17. The Morgan fingerprint density at radius 1 is 0.875 bits per heavy atom. The molecule has 210 valence electrons. The summed E-state index contributed by atoms with van der Waals surface area (Å²) in [6.07, 6.45) is 12.8. The first kappa shape index (κ1) is 28.4. The number of carbonyl (C=O) groups is 2. The molecule has 1 N–H and O–H groups in total. The van der Waals surface area contributed by atoms with E-state index < -0.39 is 11.9 Å². The number of carboxylic acid groups (broad SMARTS) is 1. The minimum absolute atomic E-state index is 0.0901. The van der Waals surface area contributed by atoms with Crippen LogP contribution in [0.3, 0.4) is 0 Å². The van der Waals surface area contributed by atoms with E-state index in [9.17, 15) is 9.59 Å². The quantitative estimate of drug-likeness (QED) is 0.156. The number of pyridine rings is 1. The van der Waals surface area contributed by atoms with Gasteiger partial charge >= 0.3 is 11.9 Å². The summed E-state index contributed by atoms with van der Waals surface area (Å²) in [5.41, 5.74) is 2.50. The summed E-state index contributed by atoms with van der Waals surface area (Å²) in [5, 5.41) is 25.2. The molecule has 0 bridgehead atoms. The van der Waals surface area contributed by atoms with Gasteiger partial charge in [-0.05, 0) is 31.0 Å².